The normalized spacial score (nSPS) is 23.2. The standard InChI is InChI=1S/C8H17N3O2/c9-8(13)11-4-1-2-7(6-11)10-3-5-12/h7,10,12H,1-6H2,(H2,9,13). The van der Waals surface area contributed by atoms with Crippen molar-refractivity contribution in [1.29, 1.82) is 0 Å². The summed E-state index contributed by atoms with van der Waals surface area (Å²) in [6.07, 6.45) is 2.02. The SMILES string of the molecule is NC(=O)N1CCCC(NCCO)C1. The van der Waals surface area contributed by atoms with Gasteiger partial charge in [-0.1, -0.05) is 0 Å². The molecular weight excluding hydrogens is 170 g/mol. The lowest BCUT2D eigenvalue weighted by molar-refractivity contribution is 0.178. The summed E-state index contributed by atoms with van der Waals surface area (Å²) in [6, 6.07) is -0.0658. The molecule has 4 N–H and O–H groups in total. The van der Waals surface area contributed by atoms with E-state index in [-0.39, 0.29) is 18.7 Å². The number of carbonyl (C=O) groups excluding carboxylic acids is 1. The van der Waals surface area contributed by atoms with Gasteiger partial charge in [0.15, 0.2) is 0 Å². The number of amides is 2. The largest absolute Gasteiger partial charge is 0.395 e. The number of hydrogen-bond donors (Lipinski definition) is 3. The van der Waals surface area contributed by atoms with Gasteiger partial charge >= 0.3 is 6.03 Å². The van der Waals surface area contributed by atoms with Gasteiger partial charge in [-0.2, -0.15) is 0 Å². The minimum atomic E-state index is -0.351. The smallest absolute Gasteiger partial charge is 0.314 e. The molecule has 0 aromatic rings. The Balaban J connectivity index is 2.29. The van der Waals surface area contributed by atoms with Crippen LogP contribution in [0.1, 0.15) is 12.8 Å². The molecule has 1 aliphatic heterocycles. The zero-order valence-corrected chi connectivity index (χ0v) is 7.70. The number of aliphatic hydroxyl groups is 1. The van der Waals surface area contributed by atoms with Crippen molar-refractivity contribution in [1.82, 2.24) is 10.2 Å². The third-order valence-corrected chi connectivity index (χ3v) is 2.28. The highest BCUT2D eigenvalue weighted by molar-refractivity contribution is 5.72. The fourth-order valence-corrected chi connectivity index (χ4v) is 1.61. The second-order valence-corrected chi connectivity index (χ2v) is 3.30. The quantitative estimate of drug-likeness (QED) is 0.536. The highest BCUT2D eigenvalue weighted by atomic mass is 16.3. The Labute approximate surface area is 77.9 Å². The molecule has 5 heteroatoms. The summed E-state index contributed by atoms with van der Waals surface area (Å²) >= 11 is 0. The number of carbonyl (C=O) groups is 1. The molecule has 1 saturated heterocycles. The van der Waals surface area contributed by atoms with Gasteiger partial charge in [0.2, 0.25) is 0 Å². The summed E-state index contributed by atoms with van der Waals surface area (Å²) in [7, 11) is 0. The van der Waals surface area contributed by atoms with Crippen molar-refractivity contribution in [2.45, 2.75) is 18.9 Å². The van der Waals surface area contributed by atoms with Crippen molar-refractivity contribution >= 4 is 6.03 Å². The molecule has 0 aliphatic carbocycles. The highest BCUT2D eigenvalue weighted by Crippen LogP contribution is 2.08. The molecule has 1 rings (SSSR count). The molecule has 5 nitrogen and oxygen atoms in total. The molecule has 0 saturated carbocycles. The summed E-state index contributed by atoms with van der Waals surface area (Å²) < 4.78 is 0. The van der Waals surface area contributed by atoms with Gasteiger partial charge in [-0.05, 0) is 12.8 Å². The zero-order valence-electron chi connectivity index (χ0n) is 7.70. The van der Waals surface area contributed by atoms with Gasteiger partial charge in [-0.25, -0.2) is 4.79 Å². The van der Waals surface area contributed by atoms with Gasteiger partial charge in [0.05, 0.1) is 6.61 Å². The second-order valence-electron chi connectivity index (χ2n) is 3.30. The number of nitrogens with zero attached hydrogens (tertiary/aromatic N) is 1. The Kier molecular flexibility index (Phi) is 3.98. The topological polar surface area (TPSA) is 78.6 Å². The lowest BCUT2D eigenvalue weighted by atomic mass is 10.1. The van der Waals surface area contributed by atoms with E-state index in [0.29, 0.717) is 13.1 Å². The summed E-state index contributed by atoms with van der Waals surface area (Å²) in [5.74, 6) is 0. The third-order valence-electron chi connectivity index (χ3n) is 2.28. The Morgan fingerprint density at radius 3 is 3.08 bits per heavy atom. The first kappa shape index (κ1) is 10.3. The fraction of sp³-hybridized carbons (Fsp3) is 0.875. The number of hydrogen-bond acceptors (Lipinski definition) is 3. The van der Waals surface area contributed by atoms with E-state index in [1.54, 1.807) is 4.90 Å². The molecule has 1 fully saturated rings. The van der Waals surface area contributed by atoms with Crippen LogP contribution in [0.2, 0.25) is 0 Å². The molecule has 13 heavy (non-hydrogen) atoms. The predicted octanol–water partition coefficient (Wildman–Crippen LogP) is -0.889. The number of aliphatic hydroxyl groups excluding tert-OH is 1. The van der Waals surface area contributed by atoms with Crippen molar-refractivity contribution in [3.05, 3.63) is 0 Å². The maximum absolute atomic E-state index is 10.8. The first-order valence-electron chi connectivity index (χ1n) is 4.62. The van der Waals surface area contributed by atoms with Crippen molar-refractivity contribution in [2.75, 3.05) is 26.2 Å². The van der Waals surface area contributed by atoms with Crippen LogP contribution in [-0.2, 0) is 0 Å². The van der Waals surface area contributed by atoms with Crippen molar-refractivity contribution in [3.63, 3.8) is 0 Å². The summed E-state index contributed by atoms with van der Waals surface area (Å²) in [4.78, 5) is 12.5. The molecule has 0 spiro atoms. The highest BCUT2D eigenvalue weighted by Gasteiger charge is 2.20. The van der Waals surface area contributed by atoms with E-state index in [1.165, 1.54) is 0 Å². The Bertz CT molecular complexity index is 175. The van der Waals surface area contributed by atoms with Gasteiger partial charge < -0.3 is 21.1 Å². The van der Waals surface area contributed by atoms with Crippen LogP contribution in [0.25, 0.3) is 0 Å². The van der Waals surface area contributed by atoms with Gasteiger partial charge in [-0.3, -0.25) is 0 Å². The van der Waals surface area contributed by atoms with Crippen LogP contribution < -0.4 is 11.1 Å². The molecule has 0 radical (unpaired) electrons. The summed E-state index contributed by atoms with van der Waals surface area (Å²) in [5.41, 5.74) is 5.17. The van der Waals surface area contributed by atoms with E-state index in [4.69, 9.17) is 10.8 Å². The number of nitrogens with two attached hydrogens (primary N) is 1. The van der Waals surface area contributed by atoms with E-state index < -0.39 is 0 Å². The Morgan fingerprint density at radius 2 is 2.46 bits per heavy atom. The van der Waals surface area contributed by atoms with Crippen LogP contribution in [0.4, 0.5) is 4.79 Å². The number of urea groups is 1. The summed E-state index contributed by atoms with van der Waals surface area (Å²) in [6.45, 7) is 2.13. The number of likely N-dealkylation sites (tertiary alicyclic amines) is 1. The molecule has 0 bridgehead atoms. The minimum Gasteiger partial charge on any atom is -0.395 e. The van der Waals surface area contributed by atoms with Crippen LogP contribution in [0.5, 0.6) is 0 Å². The Hall–Kier alpha value is -0.810. The number of primary amides is 1. The number of nitrogens with one attached hydrogen (secondary N) is 1. The van der Waals surface area contributed by atoms with Crippen LogP contribution >= 0.6 is 0 Å². The van der Waals surface area contributed by atoms with Crippen LogP contribution in [0.3, 0.4) is 0 Å². The van der Waals surface area contributed by atoms with Gasteiger partial charge in [0.25, 0.3) is 0 Å². The van der Waals surface area contributed by atoms with Crippen molar-refractivity contribution in [3.8, 4) is 0 Å². The van der Waals surface area contributed by atoms with E-state index in [2.05, 4.69) is 5.32 Å². The molecule has 1 atom stereocenters. The Morgan fingerprint density at radius 1 is 1.69 bits per heavy atom. The first-order valence-corrected chi connectivity index (χ1v) is 4.62. The number of rotatable bonds is 3. The maximum atomic E-state index is 10.8. The first-order chi connectivity index (χ1) is 6.24. The minimum absolute atomic E-state index is 0.132. The lowest BCUT2D eigenvalue weighted by Crippen LogP contribution is -2.50. The lowest BCUT2D eigenvalue weighted by Gasteiger charge is -2.31. The average molecular weight is 187 g/mol. The fourth-order valence-electron chi connectivity index (χ4n) is 1.61. The summed E-state index contributed by atoms with van der Waals surface area (Å²) in [5, 5.41) is 11.8. The third kappa shape index (κ3) is 3.20. The van der Waals surface area contributed by atoms with Gasteiger partial charge in [0, 0.05) is 25.7 Å². The second kappa shape index (κ2) is 5.04. The molecule has 1 unspecified atom stereocenters. The van der Waals surface area contributed by atoms with Crippen molar-refractivity contribution < 1.29 is 9.90 Å². The molecule has 0 aromatic heterocycles. The van der Waals surface area contributed by atoms with Crippen molar-refractivity contribution in [2.24, 2.45) is 5.73 Å². The van der Waals surface area contributed by atoms with Gasteiger partial charge in [0.1, 0.15) is 0 Å². The zero-order chi connectivity index (χ0) is 9.68. The molecule has 76 valence electrons. The van der Waals surface area contributed by atoms with Gasteiger partial charge in [-0.15, -0.1) is 0 Å². The van der Waals surface area contributed by atoms with E-state index in [0.717, 1.165) is 19.4 Å². The molecule has 2 amide bonds. The monoisotopic (exact) mass is 187 g/mol. The molecular formula is C8H17N3O2. The van der Waals surface area contributed by atoms with E-state index >= 15 is 0 Å². The molecule has 1 heterocycles. The predicted molar refractivity (Wildman–Crippen MR) is 49.3 cm³/mol. The van der Waals surface area contributed by atoms with Crippen LogP contribution in [0, 0.1) is 0 Å². The molecule has 1 aliphatic rings. The average Bonchev–Trinajstić information content (AvgIpc) is 2.15. The van der Waals surface area contributed by atoms with Crippen LogP contribution in [-0.4, -0.2) is 48.3 Å². The number of piperidine rings is 1. The van der Waals surface area contributed by atoms with E-state index in [9.17, 15) is 4.79 Å². The van der Waals surface area contributed by atoms with Crippen LogP contribution in [0.15, 0.2) is 0 Å². The van der Waals surface area contributed by atoms with E-state index in [1.807, 2.05) is 0 Å². The maximum Gasteiger partial charge on any atom is 0.314 e. The molecule has 0 aromatic carbocycles.